The van der Waals surface area contributed by atoms with Gasteiger partial charge in [0.15, 0.2) is 0 Å². The number of hydrogen-bond donors (Lipinski definition) is 2. The summed E-state index contributed by atoms with van der Waals surface area (Å²) in [5.41, 5.74) is 13.0. The molecule has 5 atom stereocenters. The number of ether oxygens (including phenoxy) is 1. The highest BCUT2D eigenvalue weighted by Gasteiger charge is 2.31. The van der Waals surface area contributed by atoms with Crippen molar-refractivity contribution in [3.63, 3.8) is 0 Å². The van der Waals surface area contributed by atoms with E-state index in [4.69, 9.17) is 10.5 Å². The Balaban J connectivity index is 1.03. The van der Waals surface area contributed by atoms with Crippen LogP contribution in [0.3, 0.4) is 0 Å². The molecule has 3 N–H and O–H groups in total. The lowest BCUT2D eigenvalue weighted by Crippen LogP contribution is -2.55. The molecule has 2 aromatic carbocycles. The number of hydrogen-bond acceptors (Lipinski definition) is 7. The van der Waals surface area contributed by atoms with Crippen molar-refractivity contribution >= 4 is 11.7 Å². The number of benzene rings is 2. The highest BCUT2D eigenvalue weighted by Crippen LogP contribution is 2.29. The fraction of sp³-hybridized carbons (Fsp3) is 0.432. The van der Waals surface area contributed by atoms with Crippen LogP contribution in [0.5, 0.6) is 0 Å². The molecule has 6 rings (SSSR count). The number of nitrogens with one attached hydrogen (secondary N) is 1. The summed E-state index contributed by atoms with van der Waals surface area (Å²) in [5, 5.41) is 7.38. The molecular weight excluding hydrogens is 574 g/mol. The normalized spacial score (nSPS) is 23.0. The van der Waals surface area contributed by atoms with Gasteiger partial charge < -0.3 is 15.8 Å². The molecule has 1 aliphatic heterocycles. The number of aromatic nitrogens is 3. The van der Waals surface area contributed by atoms with Crippen molar-refractivity contribution < 1.29 is 9.53 Å². The maximum atomic E-state index is 13.3. The Bertz CT molecular complexity index is 1620. The number of carbonyl (C=O) groups is 1. The van der Waals surface area contributed by atoms with E-state index in [0.717, 1.165) is 49.0 Å². The summed E-state index contributed by atoms with van der Waals surface area (Å²) in [6.45, 7) is 9.63. The van der Waals surface area contributed by atoms with Crippen LogP contribution in [0.4, 0.5) is 5.82 Å². The molecule has 1 amide bonds. The molecule has 1 saturated carbocycles. The van der Waals surface area contributed by atoms with Crippen LogP contribution >= 0.6 is 0 Å². The first-order valence-corrected chi connectivity index (χ1v) is 16.5. The minimum atomic E-state index is -0.228. The van der Waals surface area contributed by atoms with Crippen molar-refractivity contribution in [2.24, 2.45) is 7.05 Å². The SMILES string of the molecule is CC(c1ccc(-c2ccc(CO[C@H]3CCCC3NC(=O)c3cc(-c4cnn(C)c4)cnc3N)cc2)cc1)N1CC(C)N(C)C(C)C1. The smallest absolute Gasteiger partial charge is 0.255 e. The number of pyridine rings is 1. The number of nitrogens with zero attached hydrogens (tertiary/aromatic N) is 5. The number of piperazine rings is 1. The van der Waals surface area contributed by atoms with E-state index >= 15 is 0 Å². The first-order chi connectivity index (χ1) is 22.2. The molecular formula is C37H47N7O2. The van der Waals surface area contributed by atoms with Gasteiger partial charge in [0.05, 0.1) is 30.5 Å². The fourth-order valence-electron chi connectivity index (χ4n) is 6.85. The van der Waals surface area contributed by atoms with E-state index in [0.29, 0.717) is 30.3 Å². The van der Waals surface area contributed by atoms with Crippen LogP contribution in [0.25, 0.3) is 22.3 Å². The van der Waals surface area contributed by atoms with E-state index in [-0.39, 0.29) is 23.9 Å². The largest absolute Gasteiger partial charge is 0.383 e. The number of amides is 1. The average molecular weight is 622 g/mol. The third-order valence-corrected chi connectivity index (χ3v) is 10.1. The Morgan fingerprint density at radius 3 is 2.28 bits per heavy atom. The zero-order valence-corrected chi connectivity index (χ0v) is 27.7. The number of rotatable bonds is 9. The van der Waals surface area contributed by atoms with Crippen LogP contribution in [-0.2, 0) is 18.4 Å². The first kappa shape index (κ1) is 31.9. The van der Waals surface area contributed by atoms with E-state index < -0.39 is 0 Å². The maximum absolute atomic E-state index is 13.3. The van der Waals surface area contributed by atoms with Crippen LogP contribution in [0, 0.1) is 0 Å². The third-order valence-electron chi connectivity index (χ3n) is 10.1. The van der Waals surface area contributed by atoms with E-state index in [1.165, 1.54) is 16.7 Å². The predicted molar refractivity (Wildman–Crippen MR) is 183 cm³/mol. The number of carbonyl (C=O) groups excluding carboxylic acids is 1. The molecule has 242 valence electrons. The standard InChI is InChI=1S/C37H47N7O2/c1-24-20-44(21-25(2)43(24)5)26(3)28-13-15-30(16-14-28)29-11-9-27(10-12-29)23-46-35-8-6-7-34(35)41-37(45)33-17-31(18-39-36(33)38)32-19-40-42(4)22-32/h9-19,22,24-26,34-35H,6-8,20-21,23H2,1-5H3,(H2,38,39)(H,41,45)/t24?,25?,26?,34?,35-/m0/s1. The quantitative estimate of drug-likeness (QED) is 0.248. The summed E-state index contributed by atoms with van der Waals surface area (Å²) >= 11 is 0. The Kier molecular flexibility index (Phi) is 9.54. The predicted octanol–water partition coefficient (Wildman–Crippen LogP) is 5.68. The van der Waals surface area contributed by atoms with Gasteiger partial charge in [-0.15, -0.1) is 0 Å². The van der Waals surface area contributed by atoms with Crippen LogP contribution in [0.2, 0.25) is 0 Å². The summed E-state index contributed by atoms with van der Waals surface area (Å²) in [5.74, 6) is -0.0159. The highest BCUT2D eigenvalue weighted by molar-refractivity contribution is 5.99. The van der Waals surface area contributed by atoms with Crippen LogP contribution < -0.4 is 11.1 Å². The summed E-state index contributed by atoms with van der Waals surface area (Å²) in [4.78, 5) is 22.6. The van der Waals surface area contributed by atoms with Gasteiger partial charge in [-0.25, -0.2) is 4.98 Å². The van der Waals surface area contributed by atoms with Gasteiger partial charge in [0.25, 0.3) is 5.91 Å². The van der Waals surface area contributed by atoms with E-state index in [9.17, 15) is 4.79 Å². The zero-order valence-electron chi connectivity index (χ0n) is 27.7. The minimum Gasteiger partial charge on any atom is -0.383 e. The average Bonchev–Trinajstić information content (AvgIpc) is 3.71. The lowest BCUT2D eigenvalue weighted by molar-refractivity contribution is 0.0272. The Hall–Kier alpha value is -4.05. The molecule has 1 saturated heterocycles. The summed E-state index contributed by atoms with van der Waals surface area (Å²) < 4.78 is 8.07. The van der Waals surface area contributed by atoms with E-state index in [2.05, 4.69) is 102 Å². The van der Waals surface area contributed by atoms with Crippen molar-refractivity contribution in [1.82, 2.24) is 29.9 Å². The second kappa shape index (κ2) is 13.7. The Labute approximate surface area is 272 Å². The third kappa shape index (κ3) is 7.02. The number of nitrogens with two attached hydrogens (primary N) is 1. The molecule has 2 fully saturated rings. The van der Waals surface area contributed by atoms with Gasteiger partial charge in [-0.05, 0) is 75.4 Å². The van der Waals surface area contributed by atoms with Crippen LogP contribution in [-0.4, -0.2) is 74.8 Å². The van der Waals surface area contributed by atoms with E-state index in [1.54, 1.807) is 23.1 Å². The molecule has 3 heterocycles. The molecule has 4 unspecified atom stereocenters. The number of nitrogen functional groups attached to an aromatic ring is 1. The summed E-state index contributed by atoms with van der Waals surface area (Å²) in [6.07, 6.45) is 8.02. The molecule has 1 aliphatic carbocycles. The topological polar surface area (TPSA) is 102 Å². The molecule has 0 bridgehead atoms. The van der Waals surface area contributed by atoms with Crippen molar-refractivity contribution in [2.45, 2.75) is 76.9 Å². The molecule has 9 nitrogen and oxygen atoms in total. The van der Waals surface area contributed by atoms with Gasteiger partial charge >= 0.3 is 0 Å². The van der Waals surface area contributed by atoms with Gasteiger partial charge in [0, 0.05) is 61.8 Å². The van der Waals surface area contributed by atoms with Gasteiger partial charge in [-0.1, -0.05) is 48.5 Å². The fourth-order valence-corrected chi connectivity index (χ4v) is 6.85. The summed E-state index contributed by atoms with van der Waals surface area (Å²) in [7, 11) is 4.09. The van der Waals surface area contributed by atoms with Crippen molar-refractivity contribution in [1.29, 1.82) is 0 Å². The number of likely N-dealkylation sites (N-methyl/N-ethyl adjacent to an activating group) is 1. The van der Waals surface area contributed by atoms with Crippen molar-refractivity contribution in [3.8, 4) is 22.3 Å². The van der Waals surface area contributed by atoms with Gasteiger partial charge in [-0.3, -0.25) is 19.3 Å². The van der Waals surface area contributed by atoms with Gasteiger partial charge in [0.1, 0.15) is 5.82 Å². The zero-order chi connectivity index (χ0) is 32.4. The molecule has 4 aromatic rings. The van der Waals surface area contributed by atoms with Crippen LogP contribution in [0.1, 0.15) is 67.6 Å². The van der Waals surface area contributed by atoms with Crippen LogP contribution in [0.15, 0.2) is 73.2 Å². The van der Waals surface area contributed by atoms with Crippen molar-refractivity contribution in [3.05, 3.63) is 89.9 Å². The Morgan fingerprint density at radius 1 is 0.957 bits per heavy atom. The lowest BCUT2D eigenvalue weighted by Gasteiger charge is -2.45. The maximum Gasteiger partial charge on any atom is 0.255 e. The molecule has 0 radical (unpaired) electrons. The summed E-state index contributed by atoms with van der Waals surface area (Å²) in [6, 6.07) is 20.8. The van der Waals surface area contributed by atoms with E-state index in [1.807, 2.05) is 13.2 Å². The molecule has 0 spiro atoms. The highest BCUT2D eigenvalue weighted by atomic mass is 16.5. The molecule has 9 heteroatoms. The molecule has 46 heavy (non-hydrogen) atoms. The first-order valence-electron chi connectivity index (χ1n) is 16.5. The second-order valence-electron chi connectivity index (χ2n) is 13.2. The van der Waals surface area contributed by atoms with Gasteiger partial charge in [-0.2, -0.15) is 5.10 Å². The van der Waals surface area contributed by atoms with Gasteiger partial charge in [0.2, 0.25) is 0 Å². The van der Waals surface area contributed by atoms with Crippen molar-refractivity contribution in [2.75, 3.05) is 25.9 Å². The lowest BCUT2D eigenvalue weighted by atomic mass is 9.98. The molecule has 2 aromatic heterocycles. The molecule has 2 aliphatic rings. The second-order valence-corrected chi connectivity index (χ2v) is 13.2. The monoisotopic (exact) mass is 621 g/mol. The number of aryl methyl sites for hydroxylation is 1. The number of anilines is 1. The minimum absolute atomic E-state index is 0.0554. The Morgan fingerprint density at radius 2 is 1.63 bits per heavy atom.